The number of rotatable bonds is 16. The average Bonchev–Trinajstić information content (AvgIpc) is 0.742. The maximum atomic E-state index is 5.07. The van der Waals surface area contributed by atoms with Gasteiger partial charge in [-0.15, -0.1) is 0 Å². The summed E-state index contributed by atoms with van der Waals surface area (Å²) in [6, 6.07) is 156. The van der Waals surface area contributed by atoms with Gasteiger partial charge in [-0.3, -0.25) is 9.97 Å². The van der Waals surface area contributed by atoms with Crippen molar-refractivity contribution in [2.24, 2.45) is 0 Å². The van der Waals surface area contributed by atoms with Crippen LogP contribution in [-0.4, -0.2) is 49.8 Å². The fraction of sp³-hybridized carbons (Fsp3) is 0.0429. The highest BCUT2D eigenvalue weighted by Crippen LogP contribution is 2.57. The lowest BCUT2D eigenvalue weighted by molar-refractivity contribution is 0.720. The number of hydrogen-bond acceptors (Lipinski definition) is 10. The van der Waals surface area contributed by atoms with Gasteiger partial charge in [0.2, 0.25) is 0 Å². The van der Waals surface area contributed by atoms with Crippen LogP contribution in [0, 0.1) is 0 Å². The number of pyridine rings is 2. The maximum Gasteiger partial charge on any atom is 0.164 e. The summed E-state index contributed by atoms with van der Waals surface area (Å²) in [5, 5.41) is 0. The maximum absolute atomic E-state index is 5.07. The highest BCUT2D eigenvalue weighted by molar-refractivity contribution is 6.01. The molecule has 0 N–H and O–H groups in total. The van der Waals surface area contributed by atoms with Gasteiger partial charge in [-0.05, 0) is 215 Å². The fourth-order valence-corrected chi connectivity index (χ4v) is 23.1. The molecule has 0 bridgehead atoms. The molecular weight excluding hydrogens is 1820 g/mol. The Balaban J connectivity index is 0.000000114. The molecule has 0 saturated heterocycles. The van der Waals surface area contributed by atoms with E-state index in [2.05, 4.69) is 450 Å². The zero-order valence-corrected chi connectivity index (χ0v) is 81.9. The number of allylic oxidation sites excluding steroid dienone is 12. The van der Waals surface area contributed by atoms with Crippen LogP contribution in [0.25, 0.3) is 213 Å². The van der Waals surface area contributed by atoms with Crippen molar-refractivity contribution in [3.8, 4) is 213 Å². The van der Waals surface area contributed by atoms with E-state index in [1.807, 2.05) is 91.1 Å². The first-order valence-electron chi connectivity index (χ1n) is 51.3. The van der Waals surface area contributed by atoms with E-state index in [0.717, 1.165) is 83.8 Å². The van der Waals surface area contributed by atoms with Gasteiger partial charge in [0.1, 0.15) is 6.33 Å². The van der Waals surface area contributed by atoms with E-state index >= 15 is 0 Å². The summed E-state index contributed by atoms with van der Waals surface area (Å²) < 4.78 is 0. The molecule has 10 heteroatoms. The largest absolute Gasteiger partial charge is 0.265 e. The molecular formula is C140H96N10. The van der Waals surface area contributed by atoms with Gasteiger partial charge in [0.15, 0.2) is 34.9 Å². The van der Waals surface area contributed by atoms with Crippen molar-refractivity contribution in [1.29, 1.82) is 0 Å². The van der Waals surface area contributed by atoms with Crippen LogP contribution in [0.1, 0.15) is 68.9 Å². The van der Waals surface area contributed by atoms with Gasteiger partial charge in [-0.2, -0.15) is 0 Å². The highest BCUT2D eigenvalue weighted by Gasteiger charge is 2.37. The molecule has 0 spiro atoms. The van der Waals surface area contributed by atoms with Crippen molar-refractivity contribution in [2.75, 3.05) is 0 Å². The third-order valence-electron chi connectivity index (χ3n) is 30.0. The lowest BCUT2D eigenvalue weighted by atomic mass is 9.69. The highest BCUT2D eigenvalue weighted by atomic mass is 15.0. The normalized spacial score (nSPS) is 15.6. The van der Waals surface area contributed by atoms with E-state index in [4.69, 9.17) is 24.9 Å². The van der Waals surface area contributed by atoms with Crippen LogP contribution in [0.5, 0.6) is 0 Å². The molecule has 22 aromatic rings. The standard InChI is InChI=1S/C49H33N5.C46H32N2.C45H31N3/c1-2-12-36(35(11-1)34-21-22-44-41-17-6-4-14-38(41)40-16-7-8-19-43(40)46(44)31-34)37-13-3-5-15-39(37)42-18-9-10-20-45(42)49-53-47(32-23-27-50-28-24-32)52-48(54-49)33-25-29-51-30-26-33;1-2-14-31(15-3-1)46-47-29-28-45(48-46)43-25-13-12-23-40(43)37-20-8-6-18-35(37)34-17-5-4-16-33(34)32-26-27-42-39-22-9-7-19-36(39)38-21-10-11-24-41(38)44(42)30-32;1-2-14-30(15-3-1)44-46-29-47-45(48-44)42-25-13-12-23-39(42)36-20-8-6-18-34(36)33-17-5-4-16-32(33)31-26-27-41-38-22-9-7-19-35(38)37-21-10-11-24-40(37)43(41)28-31/h1-31,40,43H;1-30,38,41H;1-29,37,40H. The summed E-state index contributed by atoms with van der Waals surface area (Å²) in [6.45, 7) is 0. The predicted octanol–water partition coefficient (Wildman–Crippen LogP) is 34.6. The topological polar surface area (TPSA) is 129 Å². The van der Waals surface area contributed by atoms with Crippen molar-refractivity contribution >= 4 is 0 Å². The Morgan fingerprint density at radius 3 is 0.713 bits per heavy atom. The molecule has 28 rings (SSSR count). The van der Waals surface area contributed by atoms with Crippen LogP contribution in [0.15, 0.2) is 547 Å². The second kappa shape index (κ2) is 40.3. The predicted molar refractivity (Wildman–Crippen MR) is 612 cm³/mol. The molecule has 0 radical (unpaired) electrons. The second-order valence-corrected chi connectivity index (χ2v) is 38.5. The van der Waals surface area contributed by atoms with Gasteiger partial charge in [0.25, 0.3) is 0 Å². The van der Waals surface area contributed by atoms with E-state index < -0.39 is 0 Å². The number of nitrogens with zero attached hydrogens (tertiary/aromatic N) is 10. The summed E-state index contributed by atoms with van der Waals surface area (Å²) in [5.41, 5.74) is 45.0. The van der Waals surface area contributed by atoms with E-state index in [0.29, 0.717) is 64.6 Å². The third kappa shape index (κ3) is 17.2. The zero-order valence-electron chi connectivity index (χ0n) is 81.9. The van der Waals surface area contributed by atoms with Gasteiger partial charge in [0, 0.05) is 105 Å². The molecule has 5 aromatic heterocycles. The summed E-state index contributed by atoms with van der Waals surface area (Å²) >= 11 is 0. The van der Waals surface area contributed by atoms with Gasteiger partial charge >= 0.3 is 0 Å². The number of fused-ring (bicyclic) bond motifs is 18. The zero-order chi connectivity index (χ0) is 99.6. The Hall–Kier alpha value is -19.4. The monoisotopic (exact) mass is 1920 g/mol. The van der Waals surface area contributed by atoms with E-state index in [-0.39, 0.29) is 0 Å². The van der Waals surface area contributed by atoms with Crippen molar-refractivity contribution in [2.45, 2.75) is 35.5 Å². The minimum atomic E-state index is 0.292. The van der Waals surface area contributed by atoms with Crippen LogP contribution in [0.2, 0.25) is 0 Å². The van der Waals surface area contributed by atoms with E-state index in [1.54, 1.807) is 31.1 Å². The molecule has 150 heavy (non-hydrogen) atoms. The Kier molecular flexibility index (Phi) is 24.3. The first kappa shape index (κ1) is 90.6. The van der Waals surface area contributed by atoms with Crippen LogP contribution in [0.4, 0.5) is 0 Å². The van der Waals surface area contributed by atoms with Gasteiger partial charge in [-0.1, -0.05) is 461 Å². The van der Waals surface area contributed by atoms with Crippen LogP contribution in [-0.2, 0) is 0 Å². The van der Waals surface area contributed by atoms with E-state index in [1.165, 1.54) is 134 Å². The summed E-state index contributed by atoms with van der Waals surface area (Å²) in [6.07, 6.45) is 37.9. The molecule has 706 valence electrons. The first-order valence-corrected chi connectivity index (χ1v) is 51.3. The van der Waals surface area contributed by atoms with Crippen molar-refractivity contribution in [1.82, 2.24) is 49.8 Å². The first-order chi connectivity index (χ1) is 74.5. The van der Waals surface area contributed by atoms with Crippen LogP contribution < -0.4 is 0 Å². The second-order valence-electron chi connectivity index (χ2n) is 38.5. The number of benzene rings is 17. The van der Waals surface area contributed by atoms with E-state index in [9.17, 15) is 0 Å². The summed E-state index contributed by atoms with van der Waals surface area (Å²) in [7, 11) is 0. The molecule has 0 fully saturated rings. The fourth-order valence-electron chi connectivity index (χ4n) is 23.1. The van der Waals surface area contributed by atoms with Gasteiger partial charge < -0.3 is 0 Å². The molecule has 17 aromatic carbocycles. The smallest absolute Gasteiger partial charge is 0.164 e. The van der Waals surface area contributed by atoms with Gasteiger partial charge in [0.05, 0.1) is 5.69 Å². The van der Waals surface area contributed by atoms with Crippen molar-refractivity contribution in [3.63, 3.8) is 0 Å². The minimum Gasteiger partial charge on any atom is -0.265 e. The quantitative estimate of drug-likeness (QED) is 0.0922. The molecule has 6 aliphatic rings. The summed E-state index contributed by atoms with van der Waals surface area (Å²) in [4.78, 5) is 47.2. The molecule has 0 saturated carbocycles. The van der Waals surface area contributed by atoms with Crippen LogP contribution >= 0.6 is 0 Å². The lowest BCUT2D eigenvalue weighted by Crippen LogP contribution is -2.16. The van der Waals surface area contributed by atoms with Crippen LogP contribution in [0.3, 0.4) is 0 Å². The number of hydrogen-bond donors (Lipinski definition) is 0. The Labute approximate surface area is 872 Å². The Morgan fingerprint density at radius 2 is 0.367 bits per heavy atom. The molecule has 0 aliphatic heterocycles. The third-order valence-corrected chi connectivity index (χ3v) is 30.0. The molecule has 6 aliphatic carbocycles. The molecule has 10 nitrogen and oxygen atoms in total. The molecule has 0 amide bonds. The average molecular weight is 1920 g/mol. The Bertz CT molecular complexity index is 8740. The SMILES string of the molecule is C1=CC2c3ccccc3-c3ccc(-c4ccccc4-c4ccccc4-c4ccccc4-c4ccnc(-c5ccccc5)n4)cc3C2C=C1.C1=CC2c3ccccc3-c3ccc(-c4ccccc4-c4ccccc4-c4ccccc4-c4nc(-c5ccncc5)nc(-c5ccncc5)n4)cc3C2C=C1.C1=CC2c3ccccc3-c3ccc(-c4ccccc4-c4ccccc4-c4ccccc4-c4ncnc(-c5ccccc5)n4)cc3C2C=C1. The summed E-state index contributed by atoms with van der Waals surface area (Å²) in [5.74, 6) is 5.76. The lowest BCUT2D eigenvalue weighted by Gasteiger charge is -2.34. The molecule has 5 heterocycles. The number of aromatic nitrogens is 10. The minimum absolute atomic E-state index is 0.292. The molecule has 6 atom stereocenters. The molecule has 6 unspecified atom stereocenters. The van der Waals surface area contributed by atoms with Gasteiger partial charge in [-0.25, -0.2) is 39.9 Å². The van der Waals surface area contributed by atoms with Crippen molar-refractivity contribution in [3.05, 3.63) is 580 Å². The Morgan fingerprint density at radius 1 is 0.133 bits per heavy atom. The van der Waals surface area contributed by atoms with Crippen molar-refractivity contribution < 1.29 is 0 Å².